The molecule has 0 saturated heterocycles. The highest BCUT2D eigenvalue weighted by Gasteiger charge is 2.11. The fraction of sp³-hybridized carbons (Fsp3) is 0.857. The molecule has 13 heavy (non-hydrogen) atoms. The molecule has 0 fully saturated rings. The van der Waals surface area contributed by atoms with E-state index >= 15 is 0 Å². The molecule has 5 nitrogen and oxygen atoms in total. The van der Waals surface area contributed by atoms with Crippen LogP contribution in [-0.2, 0) is 19.6 Å². The van der Waals surface area contributed by atoms with Crippen molar-refractivity contribution in [3.05, 3.63) is 0 Å². The van der Waals surface area contributed by atoms with Gasteiger partial charge >= 0.3 is 5.97 Å². The first-order valence-electron chi connectivity index (χ1n) is 4.06. The standard InChI is InChI=1S/C7H15NO4S/c1-3-5-8-13(10,11)6-4-7(9)12-2/h8H,3-6H2,1-2H3. The van der Waals surface area contributed by atoms with Crippen LogP contribution in [0, 0.1) is 0 Å². The molecular formula is C7H15NO4S. The van der Waals surface area contributed by atoms with Gasteiger partial charge in [-0.2, -0.15) is 0 Å². The molecule has 0 rings (SSSR count). The van der Waals surface area contributed by atoms with Gasteiger partial charge < -0.3 is 4.74 Å². The molecule has 6 heteroatoms. The van der Waals surface area contributed by atoms with E-state index in [4.69, 9.17) is 0 Å². The molecule has 0 aromatic heterocycles. The van der Waals surface area contributed by atoms with Crippen LogP contribution in [0.15, 0.2) is 0 Å². The smallest absolute Gasteiger partial charge is 0.306 e. The number of methoxy groups -OCH3 is 1. The van der Waals surface area contributed by atoms with Crippen molar-refractivity contribution in [2.24, 2.45) is 0 Å². The maximum absolute atomic E-state index is 11.1. The van der Waals surface area contributed by atoms with Crippen LogP contribution in [0.1, 0.15) is 19.8 Å². The molecule has 0 radical (unpaired) electrons. The Bertz CT molecular complexity index is 247. The molecular weight excluding hydrogens is 194 g/mol. The van der Waals surface area contributed by atoms with E-state index in [1.807, 2.05) is 6.92 Å². The molecule has 0 aromatic carbocycles. The van der Waals surface area contributed by atoms with Crippen LogP contribution in [0.25, 0.3) is 0 Å². The van der Waals surface area contributed by atoms with E-state index in [-0.39, 0.29) is 12.2 Å². The predicted molar refractivity (Wildman–Crippen MR) is 48.7 cm³/mol. The van der Waals surface area contributed by atoms with Crippen LogP contribution < -0.4 is 4.72 Å². The third kappa shape index (κ3) is 6.53. The van der Waals surface area contributed by atoms with Crippen LogP contribution in [0.3, 0.4) is 0 Å². The van der Waals surface area contributed by atoms with E-state index in [0.717, 1.165) is 6.42 Å². The minimum Gasteiger partial charge on any atom is -0.469 e. The molecule has 0 amide bonds. The fourth-order valence-electron chi connectivity index (χ4n) is 0.649. The quantitative estimate of drug-likeness (QED) is 0.619. The SMILES string of the molecule is CCCNS(=O)(=O)CCC(=O)OC. The summed E-state index contributed by atoms with van der Waals surface area (Å²) in [5.41, 5.74) is 0. The van der Waals surface area contributed by atoms with Gasteiger partial charge in [-0.3, -0.25) is 4.79 Å². The highest BCUT2D eigenvalue weighted by molar-refractivity contribution is 7.89. The van der Waals surface area contributed by atoms with Crippen LogP contribution in [-0.4, -0.2) is 33.8 Å². The zero-order valence-electron chi connectivity index (χ0n) is 7.87. The number of hydrogen-bond donors (Lipinski definition) is 1. The number of nitrogens with one attached hydrogen (secondary N) is 1. The van der Waals surface area contributed by atoms with Gasteiger partial charge in [0.25, 0.3) is 0 Å². The Labute approximate surface area is 78.5 Å². The van der Waals surface area contributed by atoms with Gasteiger partial charge in [-0.05, 0) is 6.42 Å². The van der Waals surface area contributed by atoms with Crippen molar-refractivity contribution >= 4 is 16.0 Å². The lowest BCUT2D eigenvalue weighted by Crippen LogP contribution is -2.28. The first kappa shape index (κ1) is 12.4. The normalized spacial score (nSPS) is 11.2. The predicted octanol–water partition coefficient (Wildman–Crippen LogP) is -0.121. The first-order chi connectivity index (χ1) is 6.02. The number of ether oxygens (including phenoxy) is 1. The van der Waals surface area contributed by atoms with Crippen molar-refractivity contribution in [3.63, 3.8) is 0 Å². The largest absolute Gasteiger partial charge is 0.469 e. The third-order valence-corrected chi connectivity index (χ3v) is 2.76. The summed E-state index contributed by atoms with van der Waals surface area (Å²) < 4.78 is 28.9. The molecule has 1 N–H and O–H groups in total. The molecule has 0 aromatic rings. The van der Waals surface area contributed by atoms with Gasteiger partial charge in [0, 0.05) is 6.54 Å². The lowest BCUT2D eigenvalue weighted by Gasteiger charge is -2.03. The average molecular weight is 209 g/mol. The first-order valence-corrected chi connectivity index (χ1v) is 5.71. The summed E-state index contributed by atoms with van der Waals surface area (Å²) in [6.45, 7) is 2.27. The number of sulfonamides is 1. The monoisotopic (exact) mass is 209 g/mol. The maximum atomic E-state index is 11.1. The lowest BCUT2D eigenvalue weighted by molar-refractivity contribution is -0.140. The van der Waals surface area contributed by atoms with Crippen molar-refractivity contribution < 1.29 is 17.9 Å². The zero-order chi connectivity index (χ0) is 10.3. The van der Waals surface area contributed by atoms with Crippen molar-refractivity contribution in [2.45, 2.75) is 19.8 Å². The Balaban J connectivity index is 3.83. The number of esters is 1. The van der Waals surface area contributed by atoms with Crippen LogP contribution in [0.2, 0.25) is 0 Å². The summed E-state index contributed by atoms with van der Waals surface area (Å²) in [7, 11) is -2.07. The molecule has 0 spiro atoms. The van der Waals surface area contributed by atoms with E-state index < -0.39 is 16.0 Å². The van der Waals surface area contributed by atoms with Gasteiger partial charge in [0.05, 0.1) is 19.3 Å². The van der Waals surface area contributed by atoms with Crippen LogP contribution in [0.4, 0.5) is 0 Å². The molecule has 0 atom stereocenters. The van der Waals surface area contributed by atoms with Gasteiger partial charge in [-0.1, -0.05) is 6.92 Å². The number of carbonyl (C=O) groups is 1. The number of hydrogen-bond acceptors (Lipinski definition) is 4. The van der Waals surface area contributed by atoms with E-state index in [9.17, 15) is 13.2 Å². The second-order valence-electron chi connectivity index (χ2n) is 2.54. The Morgan fingerprint density at radius 3 is 2.54 bits per heavy atom. The average Bonchev–Trinajstić information content (AvgIpc) is 2.11. The summed E-state index contributed by atoms with van der Waals surface area (Å²) in [4.78, 5) is 10.6. The van der Waals surface area contributed by atoms with Gasteiger partial charge in [0.1, 0.15) is 0 Å². The minimum absolute atomic E-state index is 0.102. The minimum atomic E-state index is -3.30. The Morgan fingerprint density at radius 2 is 2.08 bits per heavy atom. The highest BCUT2D eigenvalue weighted by atomic mass is 32.2. The Kier molecular flexibility index (Phi) is 5.65. The van der Waals surface area contributed by atoms with E-state index in [1.165, 1.54) is 7.11 Å². The van der Waals surface area contributed by atoms with Gasteiger partial charge in [-0.25, -0.2) is 13.1 Å². The second kappa shape index (κ2) is 5.93. The number of rotatable bonds is 6. The Hall–Kier alpha value is -0.620. The van der Waals surface area contributed by atoms with Gasteiger partial charge in [0.15, 0.2) is 0 Å². The molecule has 78 valence electrons. The zero-order valence-corrected chi connectivity index (χ0v) is 8.69. The summed E-state index contributed by atoms with van der Waals surface area (Å²) in [5.74, 6) is -0.721. The molecule has 0 bridgehead atoms. The van der Waals surface area contributed by atoms with Crippen LogP contribution in [0.5, 0.6) is 0 Å². The van der Waals surface area contributed by atoms with E-state index in [1.54, 1.807) is 0 Å². The van der Waals surface area contributed by atoms with Gasteiger partial charge in [-0.15, -0.1) is 0 Å². The Morgan fingerprint density at radius 1 is 1.46 bits per heavy atom. The summed E-state index contributed by atoms with van der Waals surface area (Å²) in [5, 5.41) is 0. The molecule has 0 heterocycles. The maximum Gasteiger partial charge on any atom is 0.306 e. The summed E-state index contributed by atoms with van der Waals surface area (Å²) >= 11 is 0. The van der Waals surface area contributed by atoms with Gasteiger partial charge in [0.2, 0.25) is 10.0 Å². The third-order valence-electron chi connectivity index (χ3n) is 1.37. The molecule has 0 aliphatic carbocycles. The summed E-state index contributed by atoms with van der Waals surface area (Å²) in [6, 6.07) is 0. The summed E-state index contributed by atoms with van der Waals surface area (Å²) in [6.07, 6.45) is 0.632. The van der Waals surface area contributed by atoms with E-state index in [0.29, 0.717) is 6.54 Å². The number of carbonyl (C=O) groups excluding carboxylic acids is 1. The molecule has 0 unspecified atom stereocenters. The molecule has 0 aliphatic rings. The second-order valence-corrected chi connectivity index (χ2v) is 4.47. The van der Waals surface area contributed by atoms with Crippen molar-refractivity contribution in [1.82, 2.24) is 4.72 Å². The lowest BCUT2D eigenvalue weighted by atomic mass is 10.5. The van der Waals surface area contributed by atoms with Crippen LogP contribution >= 0.6 is 0 Å². The fourth-order valence-corrected chi connectivity index (χ4v) is 1.74. The topological polar surface area (TPSA) is 72.5 Å². The van der Waals surface area contributed by atoms with E-state index in [2.05, 4.69) is 9.46 Å². The molecule has 0 aliphatic heterocycles. The van der Waals surface area contributed by atoms with Crippen molar-refractivity contribution in [2.75, 3.05) is 19.4 Å². The molecule has 0 saturated carbocycles. The van der Waals surface area contributed by atoms with Crippen molar-refractivity contribution in [1.29, 1.82) is 0 Å². The van der Waals surface area contributed by atoms with Crippen molar-refractivity contribution in [3.8, 4) is 0 Å². The highest BCUT2D eigenvalue weighted by Crippen LogP contribution is 1.91.